The standard InChI is InChI=1S/C21H29N5O4/c1-2-29-21(28)15-3-6-20(25-11-15)26-9-7-16(8-10-26)23-12-17(27)14-30-18-4-5-19(22)24-13-18/h3-6,11,13,16-17,23,27H,2,7-10,12,14H2,1H3,(H2,22,24). The van der Waals surface area contributed by atoms with Crippen molar-refractivity contribution in [1.82, 2.24) is 15.3 Å². The number of rotatable bonds is 9. The lowest BCUT2D eigenvalue weighted by Gasteiger charge is -2.33. The third-order valence-corrected chi connectivity index (χ3v) is 4.92. The quantitative estimate of drug-likeness (QED) is 0.519. The molecule has 0 radical (unpaired) electrons. The Morgan fingerprint density at radius 2 is 2.07 bits per heavy atom. The van der Waals surface area contributed by atoms with Crippen LogP contribution in [0.15, 0.2) is 36.7 Å². The van der Waals surface area contributed by atoms with E-state index in [9.17, 15) is 9.90 Å². The average molecular weight is 415 g/mol. The summed E-state index contributed by atoms with van der Waals surface area (Å²) < 4.78 is 10.5. The highest BCUT2D eigenvalue weighted by molar-refractivity contribution is 5.89. The van der Waals surface area contributed by atoms with Gasteiger partial charge in [-0.25, -0.2) is 14.8 Å². The molecule has 1 atom stereocenters. The number of nitrogens with two attached hydrogens (primary N) is 1. The molecule has 0 aliphatic carbocycles. The zero-order chi connectivity index (χ0) is 21.3. The van der Waals surface area contributed by atoms with Crippen LogP contribution in [0.1, 0.15) is 30.1 Å². The number of carbonyl (C=O) groups excluding carboxylic acids is 1. The Morgan fingerprint density at radius 1 is 1.27 bits per heavy atom. The van der Waals surface area contributed by atoms with Crippen LogP contribution < -0.4 is 20.7 Å². The maximum absolute atomic E-state index is 11.7. The zero-order valence-electron chi connectivity index (χ0n) is 17.2. The fourth-order valence-electron chi connectivity index (χ4n) is 3.25. The molecule has 3 heterocycles. The predicted octanol–water partition coefficient (Wildman–Crippen LogP) is 1.23. The van der Waals surface area contributed by atoms with E-state index in [1.807, 2.05) is 6.07 Å². The highest BCUT2D eigenvalue weighted by Crippen LogP contribution is 2.18. The minimum Gasteiger partial charge on any atom is -0.489 e. The van der Waals surface area contributed by atoms with Crippen molar-refractivity contribution in [1.29, 1.82) is 0 Å². The summed E-state index contributed by atoms with van der Waals surface area (Å²) in [6, 6.07) is 7.32. The van der Waals surface area contributed by atoms with Gasteiger partial charge in [0.1, 0.15) is 30.1 Å². The molecule has 162 valence electrons. The lowest BCUT2D eigenvalue weighted by molar-refractivity contribution is 0.0526. The van der Waals surface area contributed by atoms with Crippen LogP contribution in [0.5, 0.6) is 5.75 Å². The Morgan fingerprint density at radius 3 is 2.70 bits per heavy atom. The van der Waals surface area contributed by atoms with Gasteiger partial charge < -0.3 is 30.5 Å². The molecular weight excluding hydrogens is 386 g/mol. The number of nitrogens with one attached hydrogen (secondary N) is 1. The number of ether oxygens (including phenoxy) is 2. The van der Waals surface area contributed by atoms with Crippen molar-refractivity contribution in [2.75, 3.05) is 43.5 Å². The molecule has 9 nitrogen and oxygen atoms in total. The van der Waals surface area contributed by atoms with Gasteiger partial charge in [-0.05, 0) is 44.0 Å². The number of nitrogens with zero attached hydrogens (tertiary/aromatic N) is 3. The number of aliphatic hydroxyl groups excluding tert-OH is 1. The third-order valence-electron chi connectivity index (χ3n) is 4.92. The lowest BCUT2D eigenvalue weighted by Crippen LogP contribution is -2.45. The molecule has 0 bridgehead atoms. The van der Waals surface area contributed by atoms with Gasteiger partial charge in [-0.3, -0.25) is 0 Å². The summed E-state index contributed by atoms with van der Waals surface area (Å²) in [6.07, 6.45) is 4.37. The molecular formula is C21H29N5O4. The molecule has 1 fully saturated rings. The van der Waals surface area contributed by atoms with Gasteiger partial charge in [0.2, 0.25) is 0 Å². The number of carbonyl (C=O) groups is 1. The second-order valence-electron chi connectivity index (χ2n) is 7.18. The van der Waals surface area contributed by atoms with Crippen LogP contribution in [0.4, 0.5) is 11.6 Å². The molecule has 1 aliphatic heterocycles. The van der Waals surface area contributed by atoms with Crippen molar-refractivity contribution in [3.63, 3.8) is 0 Å². The summed E-state index contributed by atoms with van der Waals surface area (Å²) in [5, 5.41) is 13.5. The Balaban J connectivity index is 1.37. The summed E-state index contributed by atoms with van der Waals surface area (Å²) in [5.41, 5.74) is 6.00. The van der Waals surface area contributed by atoms with Crippen molar-refractivity contribution in [3.05, 3.63) is 42.2 Å². The number of aromatic nitrogens is 2. The van der Waals surface area contributed by atoms with Gasteiger partial charge in [-0.15, -0.1) is 0 Å². The first-order valence-electron chi connectivity index (χ1n) is 10.2. The van der Waals surface area contributed by atoms with Gasteiger partial charge in [0.15, 0.2) is 0 Å². The number of hydrogen-bond acceptors (Lipinski definition) is 9. The maximum atomic E-state index is 11.7. The van der Waals surface area contributed by atoms with Crippen LogP contribution in [0.2, 0.25) is 0 Å². The molecule has 0 aromatic carbocycles. The van der Waals surface area contributed by atoms with Gasteiger partial charge in [0.25, 0.3) is 0 Å². The summed E-state index contributed by atoms with van der Waals surface area (Å²) in [4.78, 5) is 22.3. The first-order chi connectivity index (χ1) is 14.5. The fraction of sp³-hybridized carbons (Fsp3) is 0.476. The molecule has 1 aliphatic rings. The van der Waals surface area contributed by atoms with Gasteiger partial charge in [-0.2, -0.15) is 0 Å². The van der Waals surface area contributed by atoms with E-state index in [0.29, 0.717) is 36.3 Å². The molecule has 1 unspecified atom stereocenters. The van der Waals surface area contributed by atoms with Crippen molar-refractivity contribution < 1.29 is 19.4 Å². The summed E-state index contributed by atoms with van der Waals surface area (Å²) in [6.45, 7) is 4.48. The molecule has 2 aromatic heterocycles. The van der Waals surface area contributed by atoms with Crippen LogP contribution in [0.3, 0.4) is 0 Å². The Kier molecular flexibility index (Phi) is 7.81. The zero-order valence-corrected chi connectivity index (χ0v) is 17.2. The maximum Gasteiger partial charge on any atom is 0.339 e. The fourth-order valence-corrected chi connectivity index (χ4v) is 3.25. The number of anilines is 2. The Bertz CT molecular complexity index is 792. The summed E-state index contributed by atoms with van der Waals surface area (Å²) >= 11 is 0. The van der Waals surface area contributed by atoms with Crippen molar-refractivity contribution in [3.8, 4) is 5.75 Å². The van der Waals surface area contributed by atoms with E-state index < -0.39 is 6.10 Å². The lowest BCUT2D eigenvalue weighted by atomic mass is 10.0. The largest absolute Gasteiger partial charge is 0.489 e. The topological polar surface area (TPSA) is 123 Å². The minimum absolute atomic E-state index is 0.189. The molecule has 0 spiro atoms. The van der Waals surface area contributed by atoms with E-state index in [0.717, 1.165) is 31.7 Å². The SMILES string of the molecule is CCOC(=O)c1ccc(N2CCC(NCC(O)COc3ccc(N)nc3)CC2)nc1. The number of nitrogen functional groups attached to an aromatic ring is 1. The van der Waals surface area contributed by atoms with Crippen LogP contribution in [-0.2, 0) is 4.74 Å². The van der Waals surface area contributed by atoms with E-state index in [1.54, 1.807) is 37.5 Å². The van der Waals surface area contributed by atoms with Crippen molar-refractivity contribution >= 4 is 17.6 Å². The normalized spacial score (nSPS) is 15.6. The first kappa shape index (κ1) is 21.8. The van der Waals surface area contributed by atoms with E-state index >= 15 is 0 Å². The van der Waals surface area contributed by atoms with Crippen molar-refractivity contribution in [2.24, 2.45) is 0 Å². The third kappa shape index (κ3) is 6.30. The van der Waals surface area contributed by atoms with Gasteiger partial charge in [0.05, 0.1) is 18.4 Å². The number of piperidine rings is 1. The van der Waals surface area contributed by atoms with Gasteiger partial charge >= 0.3 is 5.97 Å². The van der Waals surface area contributed by atoms with Crippen LogP contribution in [0, 0.1) is 0 Å². The second-order valence-corrected chi connectivity index (χ2v) is 7.18. The van der Waals surface area contributed by atoms with Gasteiger partial charge in [-0.1, -0.05) is 0 Å². The first-order valence-corrected chi connectivity index (χ1v) is 10.2. The van der Waals surface area contributed by atoms with Crippen LogP contribution in [0.25, 0.3) is 0 Å². The number of hydrogen-bond donors (Lipinski definition) is 3. The summed E-state index contributed by atoms with van der Waals surface area (Å²) in [7, 11) is 0. The van der Waals surface area contributed by atoms with E-state index in [2.05, 4.69) is 20.2 Å². The van der Waals surface area contributed by atoms with Crippen LogP contribution in [-0.4, -0.2) is 66.0 Å². The highest BCUT2D eigenvalue weighted by Gasteiger charge is 2.21. The molecule has 1 saturated heterocycles. The smallest absolute Gasteiger partial charge is 0.339 e. The van der Waals surface area contributed by atoms with Crippen LogP contribution >= 0.6 is 0 Å². The van der Waals surface area contributed by atoms with E-state index in [1.165, 1.54) is 0 Å². The minimum atomic E-state index is -0.613. The van der Waals surface area contributed by atoms with E-state index in [-0.39, 0.29) is 12.6 Å². The van der Waals surface area contributed by atoms with Gasteiger partial charge in [0, 0.05) is 31.9 Å². The number of aliphatic hydroxyl groups is 1. The number of pyridine rings is 2. The second kappa shape index (κ2) is 10.7. The molecule has 3 rings (SSSR count). The predicted molar refractivity (Wildman–Crippen MR) is 114 cm³/mol. The Hall–Kier alpha value is -2.91. The molecule has 0 saturated carbocycles. The van der Waals surface area contributed by atoms with Crippen molar-refractivity contribution in [2.45, 2.75) is 31.9 Å². The molecule has 9 heteroatoms. The highest BCUT2D eigenvalue weighted by atomic mass is 16.5. The van der Waals surface area contributed by atoms with E-state index in [4.69, 9.17) is 15.2 Å². The summed E-state index contributed by atoms with van der Waals surface area (Å²) in [5.74, 6) is 1.51. The molecule has 4 N–H and O–H groups in total. The molecule has 0 amide bonds. The molecule has 30 heavy (non-hydrogen) atoms. The molecule has 2 aromatic rings. The average Bonchev–Trinajstić information content (AvgIpc) is 2.78. The monoisotopic (exact) mass is 415 g/mol. The number of esters is 1. The Labute approximate surface area is 176 Å².